The van der Waals surface area contributed by atoms with Crippen LogP contribution in [0.25, 0.3) is 11.0 Å². The number of carbonyl (C=O) groups is 2. The molecule has 1 aromatic heterocycles. The lowest BCUT2D eigenvalue weighted by Crippen LogP contribution is -2.42. The van der Waals surface area contributed by atoms with E-state index in [4.69, 9.17) is 23.2 Å². The van der Waals surface area contributed by atoms with Crippen molar-refractivity contribution in [2.75, 3.05) is 11.9 Å². The molecule has 10 heteroatoms. The highest BCUT2D eigenvalue weighted by molar-refractivity contribution is 6.42. The van der Waals surface area contributed by atoms with Gasteiger partial charge in [-0.05, 0) is 67.4 Å². The molecular formula is C27H27Cl2N5O3. The van der Waals surface area contributed by atoms with E-state index in [0.717, 1.165) is 16.6 Å². The zero-order valence-electron chi connectivity index (χ0n) is 20.3. The van der Waals surface area contributed by atoms with Crippen LogP contribution in [-0.2, 0) is 6.54 Å². The van der Waals surface area contributed by atoms with E-state index in [1.165, 1.54) is 4.90 Å². The Morgan fingerprint density at radius 3 is 2.49 bits per heavy atom. The van der Waals surface area contributed by atoms with Gasteiger partial charge in [0.15, 0.2) is 0 Å². The third-order valence-electron chi connectivity index (χ3n) is 5.92. The summed E-state index contributed by atoms with van der Waals surface area (Å²) in [5.74, 6) is -0.193. The van der Waals surface area contributed by atoms with Gasteiger partial charge < -0.3 is 25.6 Å². The molecule has 0 aliphatic carbocycles. The highest BCUT2D eigenvalue weighted by atomic mass is 35.5. The fourth-order valence-electron chi connectivity index (χ4n) is 3.80. The van der Waals surface area contributed by atoms with Crippen LogP contribution >= 0.6 is 23.2 Å². The number of urea groups is 1. The molecule has 1 atom stereocenters. The van der Waals surface area contributed by atoms with E-state index in [9.17, 15) is 14.7 Å². The molecule has 4 aromatic rings. The van der Waals surface area contributed by atoms with Crippen molar-refractivity contribution in [3.8, 4) is 0 Å². The zero-order chi connectivity index (χ0) is 26.5. The van der Waals surface area contributed by atoms with Crippen LogP contribution in [0.2, 0.25) is 10.0 Å². The fraction of sp³-hybridized carbons (Fsp3) is 0.222. The maximum Gasteiger partial charge on any atom is 0.322 e. The maximum atomic E-state index is 13.0. The number of aromatic nitrogens is 2. The Morgan fingerprint density at radius 1 is 1.03 bits per heavy atom. The second-order valence-electron chi connectivity index (χ2n) is 8.88. The summed E-state index contributed by atoms with van der Waals surface area (Å²) >= 11 is 12.0. The Kier molecular flexibility index (Phi) is 8.33. The first-order valence-electron chi connectivity index (χ1n) is 11.7. The number of rotatable bonds is 8. The van der Waals surface area contributed by atoms with E-state index in [2.05, 4.69) is 20.6 Å². The van der Waals surface area contributed by atoms with Crippen molar-refractivity contribution in [1.82, 2.24) is 20.2 Å². The predicted octanol–water partition coefficient (Wildman–Crippen LogP) is 5.78. The van der Waals surface area contributed by atoms with Crippen LogP contribution in [0.1, 0.15) is 41.4 Å². The predicted molar refractivity (Wildman–Crippen MR) is 146 cm³/mol. The first kappa shape index (κ1) is 26.5. The molecule has 0 bridgehead atoms. The quantitative estimate of drug-likeness (QED) is 0.227. The number of imidazole rings is 1. The minimum Gasteiger partial charge on any atom is -0.387 e. The van der Waals surface area contributed by atoms with Gasteiger partial charge in [-0.25, -0.2) is 9.78 Å². The molecule has 0 aliphatic heterocycles. The number of aromatic amines is 1. The topological polar surface area (TPSA) is 110 Å². The Labute approximate surface area is 224 Å². The number of aliphatic hydroxyl groups is 1. The summed E-state index contributed by atoms with van der Waals surface area (Å²) in [6.07, 6.45) is 0.660. The Hall–Kier alpha value is -3.59. The monoisotopic (exact) mass is 539 g/mol. The number of H-pyrrole nitrogens is 1. The van der Waals surface area contributed by atoms with Gasteiger partial charge in [0.2, 0.25) is 0 Å². The Balaban J connectivity index is 1.33. The molecular weight excluding hydrogens is 513 g/mol. The van der Waals surface area contributed by atoms with Crippen molar-refractivity contribution in [1.29, 1.82) is 0 Å². The third kappa shape index (κ3) is 6.60. The Bertz CT molecular complexity index is 1400. The molecule has 4 N–H and O–H groups in total. The number of fused-ring (bicyclic) bond motifs is 1. The minimum atomic E-state index is -0.928. The average molecular weight is 540 g/mol. The van der Waals surface area contributed by atoms with Crippen LogP contribution in [0.4, 0.5) is 10.5 Å². The number of aliphatic hydroxyl groups excluding tert-OH is 1. The number of carbonyl (C=O) groups excluding carboxylic acids is 2. The van der Waals surface area contributed by atoms with Crippen molar-refractivity contribution in [2.45, 2.75) is 32.5 Å². The van der Waals surface area contributed by atoms with Gasteiger partial charge >= 0.3 is 6.03 Å². The van der Waals surface area contributed by atoms with E-state index in [0.29, 0.717) is 33.4 Å². The molecule has 0 saturated heterocycles. The van der Waals surface area contributed by atoms with Crippen LogP contribution in [0.3, 0.4) is 0 Å². The molecule has 3 aromatic carbocycles. The lowest BCUT2D eigenvalue weighted by molar-refractivity contribution is 0.0951. The summed E-state index contributed by atoms with van der Waals surface area (Å²) in [6, 6.07) is 16.9. The van der Waals surface area contributed by atoms with Crippen molar-refractivity contribution in [3.05, 3.63) is 93.7 Å². The van der Waals surface area contributed by atoms with Gasteiger partial charge in [0.05, 0.1) is 40.1 Å². The fourth-order valence-corrected chi connectivity index (χ4v) is 4.11. The third-order valence-corrected chi connectivity index (χ3v) is 6.66. The van der Waals surface area contributed by atoms with Gasteiger partial charge in [-0.3, -0.25) is 4.79 Å². The summed E-state index contributed by atoms with van der Waals surface area (Å²) in [4.78, 5) is 34.2. The number of halogens is 2. The van der Waals surface area contributed by atoms with Crippen LogP contribution in [-0.4, -0.2) is 44.5 Å². The largest absolute Gasteiger partial charge is 0.387 e. The molecule has 0 radical (unpaired) electrons. The molecule has 3 amide bonds. The van der Waals surface area contributed by atoms with Crippen LogP contribution in [0.5, 0.6) is 0 Å². The second-order valence-corrected chi connectivity index (χ2v) is 9.69. The van der Waals surface area contributed by atoms with Gasteiger partial charge in [0.1, 0.15) is 0 Å². The summed E-state index contributed by atoms with van der Waals surface area (Å²) in [6.45, 7) is 4.16. The number of hydrogen-bond acceptors (Lipinski definition) is 4. The second kappa shape index (κ2) is 11.6. The number of anilines is 1. The lowest BCUT2D eigenvalue weighted by Gasteiger charge is -2.29. The van der Waals surface area contributed by atoms with Crippen molar-refractivity contribution in [2.24, 2.45) is 0 Å². The van der Waals surface area contributed by atoms with Gasteiger partial charge in [-0.2, -0.15) is 0 Å². The summed E-state index contributed by atoms with van der Waals surface area (Å²) < 4.78 is 0. The van der Waals surface area contributed by atoms with Gasteiger partial charge in [-0.1, -0.05) is 41.4 Å². The highest BCUT2D eigenvalue weighted by Gasteiger charge is 2.22. The minimum absolute atomic E-state index is 0.0793. The smallest absolute Gasteiger partial charge is 0.322 e. The van der Waals surface area contributed by atoms with E-state index < -0.39 is 6.10 Å². The lowest BCUT2D eigenvalue weighted by atomic mass is 10.1. The molecule has 0 unspecified atom stereocenters. The van der Waals surface area contributed by atoms with Crippen molar-refractivity contribution >= 4 is 51.9 Å². The van der Waals surface area contributed by atoms with E-state index in [-0.39, 0.29) is 24.5 Å². The van der Waals surface area contributed by atoms with Gasteiger partial charge in [0, 0.05) is 23.8 Å². The summed E-state index contributed by atoms with van der Waals surface area (Å²) in [5.41, 5.74) is 4.19. The normalized spacial score (nSPS) is 11.9. The first-order chi connectivity index (χ1) is 17.7. The number of nitrogens with one attached hydrogen (secondary N) is 3. The molecule has 37 heavy (non-hydrogen) atoms. The highest BCUT2D eigenvalue weighted by Crippen LogP contribution is 2.26. The molecule has 1 heterocycles. The van der Waals surface area contributed by atoms with E-state index >= 15 is 0 Å². The number of benzene rings is 3. The number of hydrogen-bond donors (Lipinski definition) is 4. The maximum absolute atomic E-state index is 13.0. The van der Waals surface area contributed by atoms with Crippen LogP contribution < -0.4 is 10.6 Å². The van der Waals surface area contributed by atoms with Crippen LogP contribution in [0.15, 0.2) is 67.0 Å². The van der Waals surface area contributed by atoms with Gasteiger partial charge in [-0.15, -0.1) is 0 Å². The number of nitrogens with zero attached hydrogens (tertiary/aromatic N) is 2. The van der Waals surface area contributed by atoms with Crippen molar-refractivity contribution < 1.29 is 14.7 Å². The van der Waals surface area contributed by atoms with E-state index in [1.807, 2.05) is 26.0 Å². The standard InChI is InChI=1S/C27H27Cl2N5O3/c1-16(2)34(14-25(35)18-5-9-21(28)22(29)11-18)27(37)33-20-7-3-17(4-8-20)13-30-26(36)19-6-10-23-24(12-19)32-15-31-23/h3-12,15-16,25,35H,13-14H2,1-2H3,(H,30,36)(H,31,32)(H,33,37)/t25-/m1/s1. The average Bonchev–Trinajstić information content (AvgIpc) is 3.36. The molecule has 0 fully saturated rings. The molecule has 192 valence electrons. The molecule has 0 spiro atoms. The first-order valence-corrected chi connectivity index (χ1v) is 12.5. The summed E-state index contributed by atoms with van der Waals surface area (Å²) in [7, 11) is 0. The Morgan fingerprint density at radius 2 is 1.78 bits per heavy atom. The molecule has 4 rings (SSSR count). The molecule has 8 nitrogen and oxygen atoms in total. The van der Waals surface area contributed by atoms with Crippen molar-refractivity contribution in [3.63, 3.8) is 0 Å². The summed E-state index contributed by atoms with van der Waals surface area (Å²) in [5, 5.41) is 17.2. The zero-order valence-corrected chi connectivity index (χ0v) is 21.8. The number of amides is 3. The van der Waals surface area contributed by atoms with E-state index in [1.54, 1.807) is 54.9 Å². The SMILES string of the molecule is CC(C)N(C[C@@H](O)c1ccc(Cl)c(Cl)c1)C(=O)Nc1ccc(CNC(=O)c2ccc3nc[nH]c3c2)cc1. The molecule has 0 saturated carbocycles. The van der Waals surface area contributed by atoms with Crippen LogP contribution in [0, 0.1) is 0 Å². The van der Waals surface area contributed by atoms with Gasteiger partial charge in [0.25, 0.3) is 5.91 Å². The molecule has 0 aliphatic rings.